The molecule has 2 aliphatic heterocycles. The van der Waals surface area contributed by atoms with Crippen LogP contribution in [0.5, 0.6) is 5.75 Å². The fourth-order valence-corrected chi connectivity index (χ4v) is 7.37. The van der Waals surface area contributed by atoms with E-state index in [1.54, 1.807) is 19.2 Å². The smallest absolute Gasteiger partial charge is 0.287 e. The van der Waals surface area contributed by atoms with Gasteiger partial charge in [0.05, 0.1) is 31.1 Å². The average Bonchev–Trinajstić information content (AvgIpc) is 3.50. The molecule has 2 atom stereocenters. The van der Waals surface area contributed by atoms with Crippen LogP contribution in [-0.4, -0.2) is 39.8 Å². The minimum absolute atomic E-state index is 0.0856. The zero-order valence-electron chi connectivity index (χ0n) is 19.8. The van der Waals surface area contributed by atoms with E-state index < -0.39 is 31.8 Å². The molecule has 0 aliphatic carbocycles. The highest BCUT2D eigenvalue weighted by atomic mass is 32.2. The highest BCUT2D eigenvalue weighted by Crippen LogP contribution is 2.43. The molecular formula is C27H25NO6S2. The van der Waals surface area contributed by atoms with Gasteiger partial charge in [0.15, 0.2) is 4.08 Å². The lowest BCUT2D eigenvalue weighted by molar-refractivity contribution is -0.129. The Hall–Kier alpha value is -2.98. The number of ether oxygens (including phenoxy) is 3. The van der Waals surface area contributed by atoms with E-state index in [0.29, 0.717) is 18.1 Å². The standard InChI is InChI=1S/C27H25NO6S2/c1-18-6-12-23(13-7-18)36(31)26(24(29)28-25(30)35-26)17-19-4-3-5-21(16-19)27(33-14-15-34-27)20-8-10-22(32-2)11-9-20/h3-13,16H,14-15,17H2,1-2H3,(H,28,29,30). The van der Waals surface area contributed by atoms with E-state index in [9.17, 15) is 13.8 Å². The monoisotopic (exact) mass is 523 g/mol. The van der Waals surface area contributed by atoms with Gasteiger partial charge >= 0.3 is 0 Å². The summed E-state index contributed by atoms with van der Waals surface area (Å²) in [5, 5.41) is 1.83. The zero-order chi connectivity index (χ0) is 25.3. The van der Waals surface area contributed by atoms with Crippen molar-refractivity contribution in [3.63, 3.8) is 0 Å². The summed E-state index contributed by atoms with van der Waals surface area (Å²) in [6.45, 7) is 2.77. The van der Waals surface area contributed by atoms with Crippen molar-refractivity contribution in [2.75, 3.05) is 20.3 Å². The van der Waals surface area contributed by atoms with Gasteiger partial charge in [-0.3, -0.25) is 19.1 Å². The van der Waals surface area contributed by atoms with Gasteiger partial charge in [0.25, 0.3) is 11.1 Å². The third-order valence-electron chi connectivity index (χ3n) is 6.26. The summed E-state index contributed by atoms with van der Waals surface area (Å²) in [5.41, 5.74) is 3.29. The summed E-state index contributed by atoms with van der Waals surface area (Å²) in [4.78, 5) is 25.8. The van der Waals surface area contributed by atoms with Gasteiger partial charge in [-0.2, -0.15) is 0 Å². The van der Waals surface area contributed by atoms with E-state index in [-0.39, 0.29) is 6.42 Å². The number of rotatable bonds is 7. The van der Waals surface area contributed by atoms with Crippen molar-refractivity contribution < 1.29 is 28.0 Å². The third kappa shape index (κ3) is 4.37. The fraction of sp³-hybridized carbons (Fsp3) is 0.259. The molecule has 0 aromatic heterocycles. The Bertz CT molecular complexity index is 1320. The molecule has 0 bridgehead atoms. The van der Waals surface area contributed by atoms with Gasteiger partial charge in [-0.1, -0.05) is 35.9 Å². The molecule has 3 aromatic carbocycles. The van der Waals surface area contributed by atoms with Crippen LogP contribution in [-0.2, 0) is 37.3 Å². The number of methoxy groups -OCH3 is 1. The van der Waals surface area contributed by atoms with Crippen molar-refractivity contribution in [1.29, 1.82) is 0 Å². The van der Waals surface area contributed by atoms with Crippen molar-refractivity contribution in [3.8, 4) is 5.75 Å². The first-order valence-corrected chi connectivity index (χ1v) is 13.4. The second-order valence-corrected chi connectivity index (χ2v) is 11.8. The van der Waals surface area contributed by atoms with Gasteiger partial charge in [-0.25, -0.2) is 0 Å². The second-order valence-electron chi connectivity index (χ2n) is 8.60. The van der Waals surface area contributed by atoms with E-state index >= 15 is 0 Å². The number of hydrogen-bond donors (Lipinski definition) is 1. The largest absolute Gasteiger partial charge is 0.497 e. The van der Waals surface area contributed by atoms with Crippen LogP contribution >= 0.6 is 11.8 Å². The number of imide groups is 1. The Labute approximate surface area is 216 Å². The summed E-state index contributed by atoms with van der Waals surface area (Å²) in [6.07, 6.45) is 0.0856. The van der Waals surface area contributed by atoms with Gasteiger partial charge in [0, 0.05) is 22.4 Å². The maximum absolute atomic E-state index is 13.7. The number of carbonyl (C=O) groups excluding carboxylic acids is 2. The molecule has 0 radical (unpaired) electrons. The van der Waals surface area contributed by atoms with Crippen molar-refractivity contribution in [3.05, 3.63) is 95.1 Å². The molecule has 186 valence electrons. The van der Waals surface area contributed by atoms with Crippen molar-refractivity contribution >= 4 is 33.7 Å². The van der Waals surface area contributed by atoms with Gasteiger partial charge in [-0.15, -0.1) is 0 Å². The van der Waals surface area contributed by atoms with Crippen LogP contribution in [0.4, 0.5) is 4.79 Å². The quantitative estimate of drug-likeness (QED) is 0.494. The predicted molar refractivity (Wildman–Crippen MR) is 137 cm³/mol. The lowest BCUT2D eigenvalue weighted by atomic mass is 9.94. The van der Waals surface area contributed by atoms with Gasteiger partial charge in [0.1, 0.15) is 5.75 Å². The molecule has 1 N–H and O–H groups in total. The number of hydrogen-bond acceptors (Lipinski definition) is 7. The molecular weight excluding hydrogens is 498 g/mol. The molecule has 2 aliphatic rings. The lowest BCUT2D eigenvalue weighted by Gasteiger charge is -2.29. The molecule has 9 heteroatoms. The first-order valence-electron chi connectivity index (χ1n) is 11.4. The minimum atomic E-state index is -1.78. The molecule has 0 saturated carbocycles. The molecule has 2 heterocycles. The maximum Gasteiger partial charge on any atom is 0.287 e. The second kappa shape index (κ2) is 9.82. The van der Waals surface area contributed by atoms with E-state index in [2.05, 4.69) is 5.32 Å². The van der Waals surface area contributed by atoms with Gasteiger partial charge in [-0.05, 0) is 66.7 Å². The molecule has 3 aromatic rings. The number of carbonyl (C=O) groups is 2. The van der Waals surface area contributed by atoms with Crippen molar-refractivity contribution in [2.45, 2.75) is 28.1 Å². The van der Waals surface area contributed by atoms with Crippen LogP contribution in [0.2, 0.25) is 0 Å². The van der Waals surface area contributed by atoms with Crippen LogP contribution in [0, 0.1) is 6.92 Å². The summed E-state index contributed by atoms with van der Waals surface area (Å²) < 4.78 is 29.8. The van der Waals surface area contributed by atoms with Crippen molar-refractivity contribution in [2.24, 2.45) is 0 Å². The molecule has 36 heavy (non-hydrogen) atoms. The topological polar surface area (TPSA) is 90.9 Å². The van der Waals surface area contributed by atoms with Crippen LogP contribution in [0.3, 0.4) is 0 Å². The normalized spacial score (nSPS) is 21.8. The van der Waals surface area contributed by atoms with Gasteiger partial charge < -0.3 is 14.2 Å². The molecule has 2 amide bonds. The molecule has 2 fully saturated rings. The first-order chi connectivity index (χ1) is 17.4. The van der Waals surface area contributed by atoms with Crippen LogP contribution < -0.4 is 10.1 Å². The maximum atomic E-state index is 13.7. The van der Waals surface area contributed by atoms with Gasteiger partial charge in [0.2, 0.25) is 5.79 Å². The van der Waals surface area contributed by atoms with Crippen LogP contribution in [0.25, 0.3) is 0 Å². The molecule has 2 unspecified atom stereocenters. The zero-order valence-corrected chi connectivity index (χ0v) is 21.4. The van der Waals surface area contributed by atoms with E-state index in [1.807, 2.05) is 67.6 Å². The van der Waals surface area contributed by atoms with Crippen LogP contribution in [0.15, 0.2) is 77.7 Å². The van der Waals surface area contributed by atoms with E-state index in [0.717, 1.165) is 39.8 Å². The predicted octanol–water partition coefficient (Wildman–Crippen LogP) is 4.28. The number of benzene rings is 3. The van der Waals surface area contributed by atoms with Crippen LogP contribution in [0.1, 0.15) is 22.3 Å². The Morgan fingerprint density at radius 2 is 1.67 bits per heavy atom. The Morgan fingerprint density at radius 1 is 0.972 bits per heavy atom. The average molecular weight is 524 g/mol. The molecule has 7 nitrogen and oxygen atoms in total. The van der Waals surface area contributed by atoms with E-state index in [1.165, 1.54) is 0 Å². The Morgan fingerprint density at radius 3 is 2.28 bits per heavy atom. The SMILES string of the molecule is COc1ccc(C2(c3cccc(CC4(S(=O)c5ccc(C)cc5)SC(=O)NC4=O)c3)OCCO2)cc1. The summed E-state index contributed by atoms with van der Waals surface area (Å²) in [6, 6.07) is 22.1. The number of thioether (sulfide) groups is 1. The number of aryl methyl sites for hydroxylation is 1. The molecule has 0 spiro atoms. The highest BCUT2D eigenvalue weighted by Gasteiger charge is 2.53. The summed E-state index contributed by atoms with van der Waals surface area (Å²) >= 11 is 0.785. The Balaban J connectivity index is 1.53. The highest BCUT2D eigenvalue weighted by molar-refractivity contribution is 8.24. The minimum Gasteiger partial charge on any atom is -0.497 e. The number of amides is 2. The third-order valence-corrected chi connectivity index (χ3v) is 9.54. The molecule has 5 rings (SSSR count). The van der Waals surface area contributed by atoms with E-state index in [4.69, 9.17) is 14.2 Å². The lowest BCUT2D eigenvalue weighted by Crippen LogP contribution is -2.42. The Kier molecular flexibility index (Phi) is 6.74. The fourth-order valence-electron chi connectivity index (χ4n) is 4.44. The molecule has 2 saturated heterocycles. The van der Waals surface area contributed by atoms with Crippen molar-refractivity contribution in [1.82, 2.24) is 5.32 Å². The summed E-state index contributed by atoms with van der Waals surface area (Å²) in [5.74, 6) is -0.956. The number of nitrogens with one attached hydrogen (secondary N) is 1. The summed E-state index contributed by atoms with van der Waals surface area (Å²) in [7, 11) is -0.176. The first kappa shape index (κ1) is 24.7.